The number of likely N-dealkylation sites (tertiary alicyclic amines) is 1. The molecule has 1 amide bonds. The van der Waals surface area contributed by atoms with E-state index in [0.29, 0.717) is 31.7 Å². The van der Waals surface area contributed by atoms with Gasteiger partial charge in [0.15, 0.2) is 6.61 Å². The van der Waals surface area contributed by atoms with Gasteiger partial charge in [0.05, 0.1) is 18.6 Å². The average Bonchev–Trinajstić information content (AvgIpc) is 2.81. The molecule has 1 saturated heterocycles. The molecule has 1 aliphatic rings. The molecule has 8 heteroatoms. The minimum absolute atomic E-state index is 0.200. The Labute approximate surface area is 179 Å². The first-order valence-corrected chi connectivity index (χ1v) is 9.96. The molecule has 0 atom stereocenters. The van der Waals surface area contributed by atoms with Gasteiger partial charge in [0, 0.05) is 13.1 Å². The molecule has 2 aromatic rings. The van der Waals surface area contributed by atoms with Crippen LogP contribution in [0.1, 0.15) is 28.8 Å². The van der Waals surface area contributed by atoms with E-state index < -0.39 is 5.97 Å². The van der Waals surface area contributed by atoms with Crippen LogP contribution in [0.2, 0.25) is 0 Å². The zero-order valence-corrected chi connectivity index (χ0v) is 17.2. The lowest BCUT2D eigenvalue weighted by Crippen LogP contribution is -2.42. The van der Waals surface area contributed by atoms with Crippen LogP contribution in [0.15, 0.2) is 48.5 Å². The number of carbonyl (C=O) groups is 3. The summed E-state index contributed by atoms with van der Waals surface area (Å²) in [7, 11) is 1.35. The van der Waals surface area contributed by atoms with Gasteiger partial charge >= 0.3 is 11.9 Å². The standard InChI is InChI=1S/C23H24FNO6/c1-29-22(27)17-9-11-25(12-10-17)21(26)15-31-23(28)18-3-2-4-20(13-18)30-14-16-5-7-19(24)8-6-16/h2-8,13,17H,9-12,14-15H2,1H3. The number of ether oxygens (including phenoxy) is 3. The lowest BCUT2D eigenvalue weighted by atomic mass is 9.97. The number of hydrogen-bond donors (Lipinski definition) is 0. The summed E-state index contributed by atoms with van der Waals surface area (Å²) in [5.41, 5.74) is 1.05. The van der Waals surface area contributed by atoms with Crippen molar-refractivity contribution in [2.45, 2.75) is 19.4 Å². The first-order valence-electron chi connectivity index (χ1n) is 9.96. The Morgan fingerprint density at radius 1 is 1.06 bits per heavy atom. The molecule has 0 unspecified atom stereocenters. The summed E-state index contributed by atoms with van der Waals surface area (Å²) in [4.78, 5) is 37.8. The van der Waals surface area contributed by atoms with Crippen LogP contribution >= 0.6 is 0 Å². The molecule has 1 heterocycles. The van der Waals surface area contributed by atoms with Crippen LogP contribution in [0.3, 0.4) is 0 Å². The lowest BCUT2D eigenvalue weighted by molar-refractivity contribution is -0.149. The number of carbonyl (C=O) groups excluding carboxylic acids is 3. The number of amides is 1. The molecule has 3 rings (SSSR count). The van der Waals surface area contributed by atoms with Crippen LogP contribution in [-0.4, -0.2) is 49.6 Å². The van der Waals surface area contributed by atoms with Gasteiger partial charge in [-0.05, 0) is 48.7 Å². The Hall–Kier alpha value is -3.42. The van der Waals surface area contributed by atoms with Crippen molar-refractivity contribution in [3.63, 3.8) is 0 Å². The fourth-order valence-corrected chi connectivity index (χ4v) is 3.29. The molecule has 0 bridgehead atoms. The number of esters is 2. The topological polar surface area (TPSA) is 82.1 Å². The van der Waals surface area contributed by atoms with E-state index in [1.54, 1.807) is 35.2 Å². The maximum atomic E-state index is 13.0. The molecule has 0 saturated carbocycles. The highest BCUT2D eigenvalue weighted by Gasteiger charge is 2.28. The number of hydrogen-bond acceptors (Lipinski definition) is 6. The first-order chi connectivity index (χ1) is 15.0. The van der Waals surface area contributed by atoms with E-state index in [1.807, 2.05) is 0 Å². The third-order valence-corrected chi connectivity index (χ3v) is 5.10. The van der Waals surface area contributed by atoms with Crippen molar-refractivity contribution < 1.29 is 33.0 Å². The van der Waals surface area contributed by atoms with Crippen LogP contribution in [-0.2, 0) is 25.7 Å². The maximum absolute atomic E-state index is 13.0. The predicted octanol–water partition coefficient (Wildman–Crippen LogP) is 2.97. The molecular formula is C23H24FNO6. The quantitative estimate of drug-likeness (QED) is 0.630. The Morgan fingerprint density at radius 3 is 2.45 bits per heavy atom. The van der Waals surface area contributed by atoms with E-state index in [-0.39, 0.29) is 42.4 Å². The number of benzene rings is 2. The number of rotatable bonds is 7. The number of nitrogens with zero attached hydrogens (tertiary/aromatic N) is 1. The number of piperidine rings is 1. The van der Waals surface area contributed by atoms with Gasteiger partial charge < -0.3 is 19.1 Å². The molecule has 2 aromatic carbocycles. The minimum Gasteiger partial charge on any atom is -0.489 e. The molecule has 31 heavy (non-hydrogen) atoms. The molecule has 164 valence electrons. The monoisotopic (exact) mass is 429 g/mol. The Balaban J connectivity index is 1.47. The SMILES string of the molecule is COC(=O)C1CCN(C(=O)COC(=O)c2cccc(OCc3ccc(F)cc3)c2)CC1. The molecule has 0 radical (unpaired) electrons. The number of methoxy groups -OCH3 is 1. The van der Waals surface area contributed by atoms with E-state index >= 15 is 0 Å². The summed E-state index contributed by atoms with van der Waals surface area (Å²) in [6.45, 7) is 0.687. The van der Waals surface area contributed by atoms with Crippen molar-refractivity contribution in [1.82, 2.24) is 4.90 Å². The van der Waals surface area contributed by atoms with Crippen molar-refractivity contribution >= 4 is 17.8 Å². The van der Waals surface area contributed by atoms with Gasteiger partial charge in [-0.15, -0.1) is 0 Å². The highest BCUT2D eigenvalue weighted by Crippen LogP contribution is 2.19. The second-order valence-electron chi connectivity index (χ2n) is 7.20. The second-order valence-corrected chi connectivity index (χ2v) is 7.20. The molecule has 0 aromatic heterocycles. The van der Waals surface area contributed by atoms with Gasteiger partial charge in [-0.3, -0.25) is 9.59 Å². The molecule has 7 nitrogen and oxygen atoms in total. The van der Waals surface area contributed by atoms with E-state index in [4.69, 9.17) is 14.2 Å². The summed E-state index contributed by atoms with van der Waals surface area (Å²) >= 11 is 0. The van der Waals surface area contributed by atoms with Gasteiger partial charge in [0.2, 0.25) is 0 Å². The van der Waals surface area contributed by atoms with Gasteiger partial charge in [-0.25, -0.2) is 9.18 Å². The number of halogens is 1. The zero-order chi connectivity index (χ0) is 22.2. The normalized spacial score (nSPS) is 14.1. The summed E-state index contributed by atoms with van der Waals surface area (Å²) in [5.74, 6) is -1.27. The Morgan fingerprint density at radius 2 is 1.77 bits per heavy atom. The van der Waals surface area contributed by atoms with Crippen LogP contribution < -0.4 is 4.74 Å². The summed E-state index contributed by atoms with van der Waals surface area (Å²) in [6.07, 6.45) is 1.06. The third-order valence-electron chi connectivity index (χ3n) is 5.10. The Bertz CT molecular complexity index is 922. The van der Waals surface area contributed by atoms with Crippen molar-refractivity contribution in [3.05, 3.63) is 65.5 Å². The van der Waals surface area contributed by atoms with E-state index in [0.717, 1.165) is 5.56 Å². The van der Waals surface area contributed by atoms with Gasteiger partial charge in [0.25, 0.3) is 5.91 Å². The summed E-state index contributed by atoms with van der Waals surface area (Å²) in [6, 6.07) is 12.4. The molecule has 0 N–H and O–H groups in total. The molecule has 1 fully saturated rings. The lowest BCUT2D eigenvalue weighted by Gasteiger charge is -2.30. The van der Waals surface area contributed by atoms with E-state index in [9.17, 15) is 18.8 Å². The van der Waals surface area contributed by atoms with E-state index in [1.165, 1.54) is 25.3 Å². The van der Waals surface area contributed by atoms with Crippen LogP contribution in [0, 0.1) is 11.7 Å². The molecule has 0 spiro atoms. The molecule has 0 aliphatic carbocycles. The highest BCUT2D eigenvalue weighted by atomic mass is 19.1. The van der Waals surface area contributed by atoms with Crippen molar-refractivity contribution in [3.8, 4) is 5.75 Å². The van der Waals surface area contributed by atoms with Crippen LogP contribution in [0.4, 0.5) is 4.39 Å². The van der Waals surface area contributed by atoms with Gasteiger partial charge in [0.1, 0.15) is 18.2 Å². The van der Waals surface area contributed by atoms with Crippen LogP contribution in [0.5, 0.6) is 5.75 Å². The smallest absolute Gasteiger partial charge is 0.338 e. The first kappa shape index (κ1) is 22.3. The van der Waals surface area contributed by atoms with Gasteiger partial charge in [-0.2, -0.15) is 0 Å². The maximum Gasteiger partial charge on any atom is 0.338 e. The van der Waals surface area contributed by atoms with Crippen molar-refractivity contribution in [2.24, 2.45) is 5.92 Å². The van der Waals surface area contributed by atoms with Crippen molar-refractivity contribution in [2.75, 3.05) is 26.8 Å². The fourth-order valence-electron chi connectivity index (χ4n) is 3.29. The predicted molar refractivity (Wildman–Crippen MR) is 109 cm³/mol. The second kappa shape index (κ2) is 10.6. The fraction of sp³-hybridized carbons (Fsp3) is 0.348. The largest absolute Gasteiger partial charge is 0.489 e. The average molecular weight is 429 g/mol. The summed E-state index contributed by atoms with van der Waals surface area (Å²) in [5, 5.41) is 0. The van der Waals surface area contributed by atoms with Crippen molar-refractivity contribution in [1.29, 1.82) is 0 Å². The minimum atomic E-state index is -0.634. The summed E-state index contributed by atoms with van der Waals surface area (Å²) < 4.78 is 28.5. The van der Waals surface area contributed by atoms with E-state index in [2.05, 4.69) is 0 Å². The molecular weight excluding hydrogens is 405 g/mol. The zero-order valence-electron chi connectivity index (χ0n) is 17.2. The third kappa shape index (κ3) is 6.28. The van der Waals surface area contributed by atoms with Gasteiger partial charge in [-0.1, -0.05) is 18.2 Å². The highest BCUT2D eigenvalue weighted by molar-refractivity contribution is 5.91. The Kier molecular flexibility index (Phi) is 7.59. The molecule has 1 aliphatic heterocycles. The van der Waals surface area contributed by atoms with Crippen LogP contribution in [0.25, 0.3) is 0 Å².